The maximum absolute atomic E-state index is 12.8. The lowest BCUT2D eigenvalue weighted by atomic mass is 10.1. The molecule has 2 aliphatic heterocycles. The molecule has 3 aromatic heterocycles. The average Bonchev–Trinajstić information content (AvgIpc) is 3.52. The van der Waals surface area contributed by atoms with Gasteiger partial charge >= 0.3 is 6.18 Å². The number of anilines is 2. The normalized spacial score (nSPS) is 27.6. The zero-order chi connectivity index (χ0) is 24.0. The number of hydrogen-bond donors (Lipinski definition) is 4. The van der Waals surface area contributed by atoms with Crippen LogP contribution in [0.3, 0.4) is 0 Å². The number of halogens is 3. The number of fused-ring (bicyclic) bond motifs is 1. The molecule has 0 spiro atoms. The Balaban J connectivity index is 1.31. The van der Waals surface area contributed by atoms with E-state index in [1.807, 2.05) is 4.90 Å². The Morgan fingerprint density at radius 3 is 2.62 bits per heavy atom. The third-order valence-corrected chi connectivity index (χ3v) is 6.08. The minimum atomic E-state index is -4.43. The Labute approximate surface area is 190 Å². The highest BCUT2D eigenvalue weighted by molar-refractivity contribution is 5.83. The van der Waals surface area contributed by atoms with E-state index < -0.39 is 42.9 Å². The minimum Gasteiger partial charge on any atom is -0.394 e. The number of aliphatic hydroxyl groups is 3. The molecule has 3 aromatic rings. The second-order valence-electron chi connectivity index (χ2n) is 8.25. The maximum Gasteiger partial charge on any atom is 0.417 e. The van der Waals surface area contributed by atoms with Crippen LogP contribution in [0.15, 0.2) is 31.0 Å². The largest absolute Gasteiger partial charge is 0.417 e. The van der Waals surface area contributed by atoms with E-state index in [4.69, 9.17) is 4.74 Å². The fourth-order valence-corrected chi connectivity index (χ4v) is 4.27. The fraction of sp³-hybridized carbons (Fsp3) is 0.500. The maximum atomic E-state index is 12.8. The number of imidazole rings is 1. The van der Waals surface area contributed by atoms with Crippen LogP contribution in [0.25, 0.3) is 11.2 Å². The molecule has 0 bridgehead atoms. The lowest BCUT2D eigenvalue weighted by Crippen LogP contribution is -2.33. The Morgan fingerprint density at radius 1 is 1.12 bits per heavy atom. The zero-order valence-corrected chi connectivity index (χ0v) is 17.7. The van der Waals surface area contributed by atoms with Gasteiger partial charge in [0.1, 0.15) is 30.5 Å². The molecule has 14 heteroatoms. The summed E-state index contributed by atoms with van der Waals surface area (Å²) in [5, 5.41) is 33.0. The zero-order valence-electron chi connectivity index (χ0n) is 17.7. The SMILES string of the molecule is OC[C@H]1OC(n2cnc3c(N[C@H]4CCN(c5ccc(C(F)(F)F)cn5)C4)ncnc32)[C@@H](O)[C@H]1O. The number of aliphatic hydroxyl groups excluding tert-OH is 3. The number of ether oxygens (including phenoxy) is 1. The summed E-state index contributed by atoms with van der Waals surface area (Å²) in [6, 6.07) is 2.30. The van der Waals surface area contributed by atoms with Crippen LogP contribution in [0.5, 0.6) is 0 Å². The number of nitrogens with zero attached hydrogens (tertiary/aromatic N) is 6. The van der Waals surface area contributed by atoms with Crippen molar-refractivity contribution in [2.45, 2.75) is 43.2 Å². The molecule has 2 aliphatic rings. The summed E-state index contributed by atoms with van der Waals surface area (Å²) in [5.74, 6) is 0.904. The van der Waals surface area contributed by atoms with E-state index in [0.29, 0.717) is 42.3 Å². The van der Waals surface area contributed by atoms with Crippen molar-refractivity contribution in [1.82, 2.24) is 24.5 Å². The van der Waals surface area contributed by atoms with Crippen molar-refractivity contribution >= 4 is 22.8 Å². The van der Waals surface area contributed by atoms with E-state index in [1.165, 1.54) is 23.3 Å². The van der Waals surface area contributed by atoms with Gasteiger partial charge in [-0.1, -0.05) is 0 Å². The smallest absolute Gasteiger partial charge is 0.394 e. The van der Waals surface area contributed by atoms with Crippen molar-refractivity contribution in [1.29, 1.82) is 0 Å². The quantitative estimate of drug-likeness (QED) is 0.408. The highest BCUT2D eigenvalue weighted by atomic mass is 19.4. The first kappa shape index (κ1) is 22.7. The highest BCUT2D eigenvalue weighted by Gasteiger charge is 2.44. The van der Waals surface area contributed by atoms with Crippen LogP contribution < -0.4 is 10.2 Å². The first-order valence-corrected chi connectivity index (χ1v) is 10.6. The number of nitrogens with one attached hydrogen (secondary N) is 1. The molecule has 4 N–H and O–H groups in total. The van der Waals surface area contributed by atoms with Crippen molar-refractivity contribution < 1.29 is 33.2 Å². The van der Waals surface area contributed by atoms with E-state index in [-0.39, 0.29) is 6.04 Å². The molecule has 2 fully saturated rings. The van der Waals surface area contributed by atoms with Gasteiger partial charge in [0.15, 0.2) is 23.2 Å². The second-order valence-corrected chi connectivity index (χ2v) is 8.25. The van der Waals surface area contributed by atoms with Gasteiger partial charge in [0.25, 0.3) is 0 Å². The summed E-state index contributed by atoms with van der Waals surface area (Å²) in [5.41, 5.74) is -0.00350. The predicted octanol–water partition coefficient (Wildman–Crippen LogP) is 0.542. The molecule has 11 nitrogen and oxygen atoms in total. The van der Waals surface area contributed by atoms with Crippen LogP contribution in [0, 0.1) is 0 Å². The van der Waals surface area contributed by atoms with Gasteiger partial charge in [-0.2, -0.15) is 13.2 Å². The number of pyridine rings is 1. The molecular formula is C20H22F3N7O4. The summed E-state index contributed by atoms with van der Waals surface area (Å²) in [7, 11) is 0. The summed E-state index contributed by atoms with van der Waals surface area (Å²) >= 11 is 0. The monoisotopic (exact) mass is 481 g/mol. The number of hydrogen-bond acceptors (Lipinski definition) is 10. The molecule has 0 aliphatic carbocycles. The Hall–Kier alpha value is -3.07. The first-order valence-electron chi connectivity index (χ1n) is 10.6. The molecule has 182 valence electrons. The summed E-state index contributed by atoms with van der Waals surface area (Å²) < 4.78 is 45.4. The van der Waals surface area contributed by atoms with Crippen LogP contribution in [-0.4, -0.2) is 83.9 Å². The summed E-state index contributed by atoms with van der Waals surface area (Å²) in [4.78, 5) is 18.7. The molecule has 0 amide bonds. The van der Waals surface area contributed by atoms with Gasteiger partial charge in [-0.3, -0.25) is 4.57 Å². The van der Waals surface area contributed by atoms with E-state index in [9.17, 15) is 28.5 Å². The van der Waals surface area contributed by atoms with Crippen LogP contribution in [-0.2, 0) is 10.9 Å². The molecule has 2 saturated heterocycles. The van der Waals surface area contributed by atoms with E-state index >= 15 is 0 Å². The van der Waals surface area contributed by atoms with E-state index in [0.717, 1.165) is 12.3 Å². The molecule has 5 atom stereocenters. The Kier molecular flexibility index (Phi) is 5.75. The number of alkyl halides is 3. The van der Waals surface area contributed by atoms with Crippen molar-refractivity contribution in [3.63, 3.8) is 0 Å². The van der Waals surface area contributed by atoms with Crippen LogP contribution in [0.1, 0.15) is 18.2 Å². The van der Waals surface area contributed by atoms with Gasteiger partial charge in [0, 0.05) is 25.3 Å². The molecule has 5 heterocycles. The Morgan fingerprint density at radius 2 is 1.94 bits per heavy atom. The molecule has 0 radical (unpaired) electrons. The van der Waals surface area contributed by atoms with Crippen molar-refractivity contribution in [2.75, 3.05) is 29.9 Å². The van der Waals surface area contributed by atoms with Crippen LogP contribution in [0.4, 0.5) is 24.8 Å². The molecule has 1 unspecified atom stereocenters. The van der Waals surface area contributed by atoms with Crippen molar-refractivity contribution in [2.24, 2.45) is 0 Å². The van der Waals surface area contributed by atoms with Crippen molar-refractivity contribution in [3.05, 3.63) is 36.5 Å². The standard InChI is InChI=1S/C20H22F3N7O4/c21-20(22,23)10-1-2-13(24-5-10)29-4-3-11(6-29)28-17-14-18(26-8-25-17)30(9-27-14)19-16(33)15(32)12(7-31)34-19/h1-2,5,8-9,11-12,15-16,19,31-33H,3-4,6-7H2,(H,25,26,28)/t11-,12+,15-,16-,19?/m0/s1. The van der Waals surface area contributed by atoms with Crippen LogP contribution in [0.2, 0.25) is 0 Å². The lowest BCUT2D eigenvalue weighted by molar-refractivity contribution is -0.137. The molecule has 5 rings (SSSR count). The summed E-state index contributed by atoms with van der Waals surface area (Å²) in [6.07, 6.45) is -4.60. The van der Waals surface area contributed by atoms with E-state index in [2.05, 4.69) is 25.3 Å². The van der Waals surface area contributed by atoms with Crippen molar-refractivity contribution in [3.8, 4) is 0 Å². The molecule has 0 saturated carbocycles. The highest BCUT2D eigenvalue weighted by Crippen LogP contribution is 2.33. The average molecular weight is 481 g/mol. The number of rotatable bonds is 5. The van der Waals surface area contributed by atoms with Crippen LogP contribution >= 0.6 is 0 Å². The van der Waals surface area contributed by atoms with Gasteiger partial charge in [0.05, 0.1) is 18.5 Å². The summed E-state index contributed by atoms with van der Waals surface area (Å²) in [6.45, 7) is 0.649. The third-order valence-electron chi connectivity index (χ3n) is 6.08. The Bertz CT molecular complexity index is 1160. The molecule has 34 heavy (non-hydrogen) atoms. The first-order chi connectivity index (χ1) is 16.3. The van der Waals surface area contributed by atoms with Gasteiger partial charge in [0.2, 0.25) is 0 Å². The fourth-order valence-electron chi connectivity index (χ4n) is 4.27. The van der Waals surface area contributed by atoms with Gasteiger partial charge in [-0.15, -0.1) is 0 Å². The molecular weight excluding hydrogens is 459 g/mol. The minimum absolute atomic E-state index is 0.0683. The van der Waals surface area contributed by atoms with Gasteiger partial charge < -0.3 is 30.3 Å². The lowest BCUT2D eigenvalue weighted by Gasteiger charge is -2.19. The third kappa shape index (κ3) is 4.02. The topological polar surface area (TPSA) is 142 Å². The van der Waals surface area contributed by atoms with E-state index in [1.54, 1.807) is 0 Å². The predicted molar refractivity (Wildman–Crippen MR) is 112 cm³/mol. The molecule has 0 aromatic carbocycles. The van der Waals surface area contributed by atoms with Gasteiger partial charge in [-0.05, 0) is 18.6 Å². The van der Waals surface area contributed by atoms with Gasteiger partial charge in [-0.25, -0.2) is 19.9 Å². The number of aromatic nitrogens is 5. The second kappa shape index (κ2) is 8.61.